The first-order valence-electron chi connectivity index (χ1n) is 7.11. The van der Waals surface area contributed by atoms with Gasteiger partial charge in [-0.25, -0.2) is 0 Å². The molecule has 2 nitrogen and oxygen atoms in total. The Balaban J connectivity index is 2.18. The number of hydrogen-bond acceptors (Lipinski definition) is 2. The monoisotopic (exact) mass is 226 g/mol. The third kappa shape index (κ3) is 4.84. The van der Waals surface area contributed by atoms with E-state index in [0.29, 0.717) is 6.04 Å². The average Bonchev–Trinajstić information content (AvgIpc) is 2.71. The van der Waals surface area contributed by atoms with Crippen LogP contribution in [0.1, 0.15) is 53.4 Å². The first-order valence-corrected chi connectivity index (χ1v) is 7.11. The van der Waals surface area contributed by atoms with Gasteiger partial charge in [0, 0.05) is 18.6 Å². The second kappa shape index (κ2) is 7.29. The van der Waals surface area contributed by atoms with Crippen LogP contribution in [-0.4, -0.2) is 36.6 Å². The Bertz CT molecular complexity index is 180. The molecule has 0 amide bonds. The zero-order chi connectivity index (χ0) is 12.0. The van der Waals surface area contributed by atoms with Gasteiger partial charge in [-0.3, -0.25) is 0 Å². The molecule has 0 aromatic heterocycles. The fourth-order valence-corrected chi connectivity index (χ4v) is 2.51. The van der Waals surface area contributed by atoms with Gasteiger partial charge in [-0.1, -0.05) is 33.6 Å². The maximum absolute atomic E-state index is 3.56. The largest absolute Gasteiger partial charge is 0.314 e. The number of hydrogen-bond donors (Lipinski definition) is 1. The predicted molar refractivity (Wildman–Crippen MR) is 71.8 cm³/mol. The Hall–Kier alpha value is -0.0800. The molecule has 2 heteroatoms. The molecule has 0 bridgehead atoms. The van der Waals surface area contributed by atoms with E-state index in [2.05, 4.69) is 37.9 Å². The summed E-state index contributed by atoms with van der Waals surface area (Å²) in [6, 6.07) is 1.43. The van der Waals surface area contributed by atoms with E-state index in [9.17, 15) is 0 Å². The standard InChI is InChI=1S/C14H30N2/c1-5-6-7-13(4)16-9-8-14(11-16)10-15-12(2)3/h12-15H,5-11H2,1-4H3. The molecular weight excluding hydrogens is 196 g/mol. The van der Waals surface area contributed by atoms with E-state index in [4.69, 9.17) is 0 Å². The summed E-state index contributed by atoms with van der Waals surface area (Å²) in [4.78, 5) is 2.68. The van der Waals surface area contributed by atoms with Crippen LogP contribution in [0.5, 0.6) is 0 Å². The van der Waals surface area contributed by atoms with Crippen molar-refractivity contribution in [2.75, 3.05) is 19.6 Å². The SMILES string of the molecule is CCCCC(C)N1CCC(CNC(C)C)C1. The maximum Gasteiger partial charge on any atom is 0.00670 e. The van der Waals surface area contributed by atoms with Gasteiger partial charge >= 0.3 is 0 Å². The Labute approximate surface area is 102 Å². The van der Waals surface area contributed by atoms with Gasteiger partial charge in [-0.15, -0.1) is 0 Å². The average molecular weight is 226 g/mol. The summed E-state index contributed by atoms with van der Waals surface area (Å²) in [6.45, 7) is 13.0. The summed E-state index contributed by atoms with van der Waals surface area (Å²) >= 11 is 0. The fourth-order valence-electron chi connectivity index (χ4n) is 2.51. The lowest BCUT2D eigenvalue weighted by Crippen LogP contribution is -2.34. The quantitative estimate of drug-likeness (QED) is 0.718. The third-order valence-electron chi connectivity index (χ3n) is 3.73. The van der Waals surface area contributed by atoms with Crippen molar-refractivity contribution in [1.29, 1.82) is 0 Å². The van der Waals surface area contributed by atoms with Crippen molar-refractivity contribution < 1.29 is 0 Å². The summed E-state index contributed by atoms with van der Waals surface area (Å²) in [6.07, 6.45) is 5.47. The molecular formula is C14H30N2. The van der Waals surface area contributed by atoms with Crippen molar-refractivity contribution in [3.05, 3.63) is 0 Å². The molecule has 0 spiro atoms. The van der Waals surface area contributed by atoms with E-state index in [1.54, 1.807) is 0 Å². The number of likely N-dealkylation sites (tertiary alicyclic amines) is 1. The Kier molecular flexibility index (Phi) is 6.37. The third-order valence-corrected chi connectivity index (χ3v) is 3.73. The van der Waals surface area contributed by atoms with Crippen molar-refractivity contribution in [2.45, 2.75) is 65.5 Å². The number of unbranched alkanes of at least 4 members (excludes halogenated alkanes) is 1. The van der Waals surface area contributed by atoms with E-state index in [1.807, 2.05) is 0 Å². The highest BCUT2D eigenvalue weighted by atomic mass is 15.2. The van der Waals surface area contributed by atoms with Gasteiger partial charge in [0.1, 0.15) is 0 Å². The molecule has 0 radical (unpaired) electrons. The Morgan fingerprint density at radius 3 is 2.69 bits per heavy atom. The van der Waals surface area contributed by atoms with Gasteiger partial charge in [-0.2, -0.15) is 0 Å². The van der Waals surface area contributed by atoms with Gasteiger partial charge in [-0.05, 0) is 38.8 Å². The molecule has 0 aromatic rings. The molecule has 0 saturated carbocycles. The van der Waals surface area contributed by atoms with Crippen molar-refractivity contribution in [3.63, 3.8) is 0 Å². The highest BCUT2D eigenvalue weighted by Gasteiger charge is 2.25. The van der Waals surface area contributed by atoms with Crippen LogP contribution in [0.25, 0.3) is 0 Å². The van der Waals surface area contributed by atoms with E-state index in [1.165, 1.54) is 45.3 Å². The second-order valence-electron chi connectivity index (χ2n) is 5.70. The minimum absolute atomic E-state index is 0.631. The molecule has 1 rings (SSSR count). The van der Waals surface area contributed by atoms with Gasteiger partial charge < -0.3 is 10.2 Å². The predicted octanol–water partition coefficient (Wildman–Crippen LogP) is 2.89. The van der Waals surface area contributed by atoms with E-state index < -0.39 is 0 Å². The molecule has 1 fully saturated rings. The van der Waals surface area contributed by atoms with Gasteiger partial charge in [0.2, 0.25) is 0 Å². The van der Waals surface area contributed by atoms with Crippen LogP contribution in [0.2, 0.25) is 0 Å². The van der Waals surface area contributed by atoms with Gasteiger partial charge in [0.25, 0.3) is 0 Å². The van der Waals surface area contributed by atoms with Crippen LogP contribution in [0.15, 0.2) is 0 Å². The van der Waals surface area contributed by atoms with E-state index >= 15 is 0 Å². The lowest BCUT2D eigenvalue weighted by molar-refractivity contribution is 0.233. The van der Waals surface area contributed by atoms with Crippen molar-refractivity contribution in [1.82, 2.24) is 10.2 Å². The molecule has 0 aromatic carbocycles. The van der Waals surface area contributed by atoms with Crippen molar-refractivity contribution >= 4 is 0 Å². The van der Waals surface area contributed by atoms with Gasteiger partial charge in [0.15, 0.2) is 0 Å². The minimum atomic E-state index is 0.631. The van der Waals surface area contributed by atoms with Crippen LogP contribution in [0.4, 0.5) is 0 Å². The fraction of sp³-hybridized carbons (Fsp3) is 1.00. The second-order valence-corrected chi connectivity index (χ2v) is 5.70. The zero-order valence-electron chi connectivity index (χ0n) is 11.6. The zero-order valence-corrected chi connectivity index (χ0v) is 11.6. The lowest BCUT2D eigenvalue weighted by atomic mass is 10.1. The summed E-state index contributed by atoms with van der Waals surface area (Å²) in [5.41, 5.74) is 0. The van der Waals surface area contributed by atoms with Crippen LogP contribution < -0.4 is 5.32 Å². The van der Waals surface area contributed by atoms with Crippen LogP contribution in [0.3, 0.4) is 0 Å². The molecule has 1 aliphatic heterocycles. The summed E-state index contributed by atoms with van der Waals surface area (Å²) in [5.74, 6) is 0.881. The first kappa shape index (κ1) is 14.0. The molecule has 16 heavy (non-hydrogen) atoms. The maximum atomic E-state index is 3.56. The molecule has 2 atom stereocenters. The first-order chi connectivity index (χ1) is 7.63. The number of nitrogens with zero attached hydrogens (tertiary/aromatic N) is 1. The molecule has 2 unspecified atom stereocenters. The minimum Gasteiger partial charge on any atom is -0.314 e. The molecule has 1 heterocycles. The molecule has 1 N–H and O–H groups in total. The van der Waals surface area contributed by atoms with Crippen molar-refractivity contribution in [3.8, 4) is 0 Å². The number of nitrogens with one attached hydrogen (secondary N) is 1. The molecule has 1 saturated heterocycles. The van der Waals surface area contributed by atoms with Gasteiger partial charge in [0.05, 0.1) is 0 Å². The van der Waals surface area contributed by atoms with Crippen LogP contribution >= 0.6 is 0 Å². The Morgan fingerprint density at radius 2 is 2.06 bits per heavy atom. The number of rotatable bonds is 7. The molecule has 96 valence electrons. The summed E-state index contributed by atoms with van der Waals surface area (Å²) in [5, 5.41) is 3.56. The van der Waals surface area contributed by atoms with Crippen LogP contribution in [-0.2, 0) is 0 Å². The van der Waals surface area contributed by atoms with E-state index in [-0.39, 0.29) is 0 Å². The van der Waals surface area contributed by atoms with Crippen LogP contribution in [0, 0.1) is 5.92 Å². The van der Waals surface area contributed by atoms with Crippen molar-refractivity contribution in [2.24, 2.45) is 5.92 Å². The molecule has 0 aliphatic carbocycles. The Morgan fingerprint density at radius 1 is 1.31 bits per heavy atom. The summed E-state index contributed by atoms with van der Waals surface area (Å²) in [7, 11) is 0. The highest BCUT2D eigenvalue weighted by molar-refractivity contribution is 4.81. The highest BCUT2D eigenvalue weighted by Crippen LogP contribution is 2.20. The normalized spacial score (nSPS) is 24.2. The topological polar surface area (TPSA) is 15.3 Å². The smallest absolute Gasteiger partial charge is 0.00670 e. The summed E-state index contributed by atoms with van der Waals surface area (Å²) < 4.78 is 0. The molecule has 1 aliphatic rings. The van der Waals surface area contributed by atoms with E-state index in [0.717, 1.165) is 12.0 Å². The lowest BCUT2D eigenvalue weighted by Gasteiger charge is -2.24.